The van der Waals surface area contributed by atoms with Crippen LogP contribution in [0.5, 0.6) is 0 Å². The molecule has 8 heteroatoms. The maximum absolute atomic E-state index is 12.7. The number of rotatable bonds is 7. The van der Waals surface area contributed by atoms with Gasteiger partial charge in [0.15, 0.2) is 0 Å². The average molecular weight is 373 g/mol. The van der Waals surface area contributed by atoms with Crippen molar-refractivity contribution in [3.8, 4) is 0 Å². The van der Waals surface area contributed by atoms with Crippen molar-refractivity contribution in [3.05, 3.63) is 0 Å². The second-order valence-corrected chi connectivity index (χ2v) is 9.15. The van der Waals surface area contributed by atoms with E-state index in [-0.39, 0.29) is 12.3 Å². The van der Waals surface area contributed by atoms with Crippen LogP contribution in [-0.2, 0) is 14.4 Å². The zero-order valence-corrected chi connectivity index (χ0v) is 17.2. The molecule has 0 aliphatic carbocycles. The van der Waals surface area contributed by atoms with Crippen LogP contribution < -0.4 is 16.1 Å². The highest BCUT2D eigenvalue weighted by molar-refractivity contribution is 6.02. The molecule has 0 aliphatic rings. The minimum absolute atomic E-state index is 0.178. The minimum Gasteiger partial charge on any atom is -0.363 e. The Kier molecular flexibility index (Phi) is 8.25. The molecular formula is C18H35N3O5. The summed E-state index contributed by atoms with van der Waals surface area (Å²) < 4.78 is 0. The van der Waals surface area contributed by atoms with Crippen molar-refractivity contribution in [2.45, 2.75) is 79.5 Å². The molecule has 26 heavy (non-hydrogen) atoms. The molecule has 0 aromatic heterocycles. The quantitative estimate of drug-likeness (QED) is 0.199. The van der Waals surface area contributed by atoms with Gasteiger partial charge in [0.05, 0.1) is 0 Å². The minimum atomic E-state index is -2.23. The van der Waals surface area contributed by atoms with E-state index in [1.807, 2.05) is 13.8 Å². The number of amides is 3. The van der Waals surface area contributed by atoms with Crippen LogP contribution in [0.15, 0.2) is 0 Å². The number of hydrogen-bond donors (Lipinski definition) is 5. The van der Waals surface area contributed by atoms with Crippen LogP contribution in [0.1, 0.15) is 68.2 Å². The Labute approximate surface area is 156 Å². The average Bonchev–Trinajstić information content (AvgIpc) is 2.43. The van der Waals surface area contributed by atoms with Gasteiger partial charge in [-0.2, -0.15) is 0 Å². The Morgan fingerprint density at radius 3 is 1.73 bits per heavy atom. The Hall–Kier alpha value is -1.67. The van der Waals surface area contributed by atoms with E-state index in [9.17, 15) is 19.5 Å². The molecule has 3 amide bonds. The lowest BCUT2D eigenvalue weighted by atomic mass is 9.81. The predicted molar refractivity (Wildman–Crippen MR) is 97.9 cm³/mol. The molecule has 0 aromatic rings. The van der Waals surface area contributed by atoms with Crippen molar-refractivity contribution < 1.29 is 24.7 Å². The maximum atomic E-state index is 12.7. The summed E-state index contributed by atoms with van der Waals surface area (Å²) in [5, 5.41) is 24.9. The van der Waals surface area contributed by atoms with E-state index in [1.54, 1.807) is 41.5 Å². The lowest BCUT2D eigenvalue weighted by molar-refractivity contribution is -0.168. The van der Waals surface area contributed by atoms with Gasteiger partial charge in [-0.1, -0.05) is 34.6 Å². The van der Waals surface area contributed by atoms with Crippen LogP contribution in [0.25, 0.3) is 0 Å². The van der Waals surface area contributed by atoms with Crippen LogP contribution in [-0.4, -0.2) is 39.3 Å². The van der Waals surface area contributed by atoms with Crippen LogP contribution in [0.4, 0.5) is 0 Å². The first-order valence-corrected chi connectivity index (χ1v) is 8.86. The highest BCUT2D eigenvalue weighted by Gasteiger charge is 2.50. The van der Waals surface area contributed by atoms with E-state index in [4.69, 9.17) is 5.21 Å². The van der Waals surface area contributed by atoms with Crippen molar-refractivity contribution in [2.75, 3.05) is 0 Å². The summed E-state index contributed by atoms with van der Waals surface area (Å²) in [5.41, 5.74) is -2.42. The van der Waals surface area contributed by atoms with Crippen LogP contribution in [0, 0.1) is 17.3 Å². The van der Waals surface area contributed by atoms with Crippen LogP contribution in [0.3, 0.4) is 0 Å². The van der Waals surface area contributed by atoms with Gasteiger partial charge in [0, 0.05) is 11.0 Å². The smallest absolute Gasteiger partial charge is 0.274 e. The van der Waals surface area contributed by atoms with Gasteiger partial charge in [-0.3, -0.25) is 19.6 Å². The summed E-state index contributed by atoms with van der Waals surface area (Å²) in [6, 6.07) is 0. The molecule has 0 heterocycles. The van der Waals surface area contributed by atoms with Gasteiger partial charge in [0.2, 0.25) is 11.6 Å². The number of carbonyl (C=O) groups is 3. The summed E-state index contributed by atoms with van der Waals surface area (Å²) in [6.07, 6.45) is 0.741. The molecule has 0 bridgehead atoms. The first-order chi connectivity index (χ1) is 11.5. The fourth-order valence-electron chi connectivity index (χ4n) is 2.24. The zero-order valence-electron chi connectivity index (χ0n) is 17.2. The Bertz CT molecular complexity index is 520. The van der Waals surface area contributed by atoms with Gasteiger partial charge in [-0.25, -0.2) is 5.48 Å². The molecule has 0 fully saturated rings. The lowest BCUT2D eigenvalue weighted by Gasteiger charge is -2.41. The second kappa shape index (κ2) is 8.81. The van der Waals surface area contributed by atoms with Gasteiger partial charge in [0.25, 0.3) is 11.8 Å². The Morgan fingerprint density at radius 2 is 1.38 bits per heavy atom. The molecule has 0 saturated heterocycles. The van der Waals surface area contributed by atoms with E-state index in [0.29, 0.717) is 6.42 Å². The molecule has 0 aliphatic heterocycles. The molecule has 0 rings (SSSR count). The number of carbonyl (C=O) groups excluding carboxylic acids is 3. The molecule has 0 radical (unpaired) electrons. The standard InChI is InChI=1S/C18H35N3O5/c1-11(2)9-10-12(14(23)21-26)13(22)19-18(25,16(3,4)5)15(24)20-17(6,7)8/h11-12,25-26H,9-10H2,1-8H3,(H,19,22)(H,20,24)(H,21,23)/t12-,18+/m0/s1. The fourth-order valence-corrected chi connectivity index (χ4v) is 2.24. The topological polar surface area (TPSA) is 128 Å². The normalized spacial score (nSPS) is 15.8. The van der Waals surface area contributed by atoms with Gasteiger partial charge >= 0.3 is 0 Å². The number of nitrogens with one attached hydrogen (secondary N) is 3. The molecule has 8 nitrogen and oxygen atoms in total. The summed E-state index contributed by atoms with van der Waals surface area (Å²) in [6.45, 7) is 13.9. The third-order valence-electron chi connectivity index (χ3n) is 3.98. The fraction of sp³-hybridized carbons (Fsp3) is 0.833. The number of aliphatic hydroxyl groups is 1. The first-order valence-electron chi connectivity index (χ1n) is 8.86. The largest absolute Gasteiger partial charge is 0.363 e. The monoisotopic (exact) mass is 373 g/mol. The Balaban J connectivity index is 5.63. The van der Waals surface area contributed by atoms with Gasteiger partial charge in [-0.15, -0.1) is 0 Å². The van der Waals surface area contributed by atoms with Crippen molar-refractivity contribution in [3.63, 3.8) is 0 Å². The molecule has 2 atom stereocenters. The predicted octanol–water partition coefficient (Wildman–Crippen LogP) is 1.31. The summed E-state index contributed by atoms with van der Waals surface area (Å²) >= 11 is 0. The van der Waals surface area contributed by atoms with Crippen molar-refractivity contribution >= 4 is 17.7 Å². The maximum Gasteiger partial charge on any atom is 0.274 e. The van der Waals surface area contributed by atoms with Crippen LogP contribution >= 0.6 is 0 Å². The van der Waals surface area contributed by atoms with Gasteiger partial charge in [-0.05, 0) is 39.5 Å². The molecule has 5 N–H and O–H groups in total. The molecular weight excluding hydrogens is 338 g/mol. The highest BCUT2D eigenvalue weighted by Crippen LogP contribution is 2.30. The highest BCUT2D eigenvalue weighted by atomic mass is 16.5. The van der Waals surface area contributed by atoms with Crippen molar-refractivity contribution in [2.24, 2.45) is 17.3 Å². The van der Waals surface area contributed by atoms with E-state index in [1.165, 1.54) is 5.48 Å². The van der Waals surface area contributed by atoms with Gasteiger partial charge in [0.1, 0.15) is 5.92 Å². The summed E-state index contributed by atoms with van der Waals surface area (Å²) in [5.74, 6) is -3.45. The van der Waals surface area contributed by atoms with Crippen LogP contribution in [0.2, 0.25) is 0 Å². The third kappa shape index (κ3) is 6.92. The molecule has 0 aromatic carbocycles. The summed E-state index contributed by atoms with van der Waals surface area (Å²) in [4.78, 5) is 37.2. The molecule has 0 unspecified atom stereocenters. The van der Waals surface area contributed by atoms with E-state index in [2.05, 4.69) is 10.6 Å². The Morgan fingerprint density at radius 1 is 0.885 bits per heavy atom. The second-order valence-electron chi connectivity index (χ2n) is 9.15. The lowest BCUT2D eigenvalue weighted by Crippen LogP contribution is -2.68. The van der Waals surface area contributed by atoms with Gasteiger partial charge < -0.3 is 15.7 Å². The SMILES string of the molecule is CC(C)CC[C@H](C(=O)NO)C(=O)N[C@@](O)(C(=O)NC(C)(C)C)C(C)(C)C. The molecule has 0 spiro atoms. The van der Waals surface area contributed by atoms with Crippen molar-refractivity contribution in [1.82, 2.24) is 16.1 Å². The third-order valence-corrected chi connectivity index (χ3v) is 3.98. The first kappa shape index (κ1) is 24.3. The van der Waals surface area contributed by atoms with Crippen molar-refractivity contribution in [1.29, 1.82) is 0 Å². The summed E-state index contributed by atoms with van der Waals surface area (Å²) in [7, 11) is 0. The number of hydrogen-bond acceptors (Lipinski definition) is 5. The molecule has 0 saturated carbocycles. The number of hydroxylamine groups is 1. The van der Waals surface area contributed by atoms with E-state index in [0.717, 1.165) is 0 Å². The van der Waals surface area contributed by atoms with E-state index >= 15 is 0 Å². The molecule has 152 valence electrons. The van der Waals surface area contributed by atoms with E-state index < -0.39 is 40.3 Å². The zero-order chi connectivity index (χ0) is 20.9.